The van der Waals surface area contributed by atoms with E-state index in [1.807, 2.05) is 6.07 Å². The van der Waals surface area contributed by atoms with E-state index in [2.05, 4.69) is 0 Å². The second kappa shape index (κ2) is 4.23. The Labute approximate surface area is 93.7 Å². The molecule has 16 heavy (non-hydrogen) atoms. The minimum Gasteiger partial charge on any atom is -0.479 e. The topological polar surface area (TPSA) is 83.5 Å². The van der Waals surface area contributed by atoms with E-state index in [0.717, 1.165) is 30.4 Å². The van der Waals surface area contributed by atoms with Gasteiger partial charge < -0.3 is 15.9 Å². The summed E-state index contributed by atoms with van der Waals surface area (Å²) in [7, 11) is 0. The Bertz CT molecular complexity index is 417. The van der Waals surface area contributed by atoms with Crippen LogP contribution in [0.2, 0.25) is 0 Å². The Morgan fingerprint density at radius 3 is 2.94 bits per heavy atom. The summed E-state index contributed by atoms with van der Waals surface area (Å²) in [6.07, 6.45) is 1.45. The molecular weight excluding hydrogens is 206 g/mol. The van der Waals surface area contributed by atoms with Gasteiger partial charge >= 0.3 is 5.97 Å². The van der Waals surface area contributed by atoms with Crippen molar-refractivity contribution in [3.8, 4) is 0 Å². The van der Waals surface area contributed by atoms with Gasteiger partial charge in [-0.25, -0.2) is 4.79 Å². The molecule has 1 aliphatic rings. The Hall–Kier alpha value is -1.39. The lowest BCUT2D eigenvalue weighted by atomic mass is 9.86. The zero-order chi connectivity index (χ0) is 11.7. The lowest BCUT2D eigenvalue weighted by molar-refractivity contribution is -0.146. The number of carboxylic acids is 1. The van der Waals surface area contributed by atoms with E-state index in [0.29, 0.717) is 5.56 Å². The standard InChI is InChI=1S/C12H15NO3/c13-10-3-1-2-7-6-8(4-5-9(7)10)11(14)12(15)16/h4-6,10-11,14H,1-3,13H2,(H,15,16). The van der Waals surface area contributed by atoms with E-state index in [4.69, 9.17) is 10.8 Å². The van der Waals surface area contributed by atoms with Gasteiger partial charge in [-0.05, 0) is 36.0 Å². The number of aryl methyl sites for hydroxylation is 1. The lowest BCUT2D eigenvalue weighted by Crippen LogP contribution is -2.18. The Balaban J connectivity index is 2.35. The number of aliphatic carboxylic acids is 1. The maximum absolute atomic E-state index is 10.7. The van der Waals surface area contributed by atoms with E-state index in [9.17, 15) is 9.90 Å². The van der Waals surface area contributed by atoms with Gasteiger partial charge in [-0.15, -0.1) is 0 Å². The average Bonchev–Trinajstić information content (AvgIpc) is 2.28. The molecule has 2 rings (SSSR count). The summed E-state index contributed by atoms with van der Waals surface area (Å²) in [6.45, 7) is 0. The van der Waals surface area contributed by atoms with Crippen LogP contribution in [0.3, 0.4) is 0 Å². The van der Waals surface area contributed by atoms with Crippen LogP contribution in [-0.2, 0) is 11.2 Å². The van der Waals surface area contributed by atoms with Crippen LogP contribution >= 0.6 is 0 Å². The van der Waals surface area contributed by atoms with Crippen molar-refractivity contribution in [2.75, 3.05) is 0 Å². The molecule has 0 saturated carbocycles. The zero-order valence-electron chi connectivity index (χ0n) is 8.89. The molecule has 0 aromatic heterocycles. The zero-order valence-corrected chi connectivity index (χ0v) is 8.89. The molecule has 86 valence electrons. The van der Waals surface area contributed by atoms with E-state index < -0.39 is 12.1 Å². The first-order valence-corrected chi connectivity index (χ1v) is 5.39. The van der Waals surface area contributed by atoms with E-state index in [-0.39, 0.29) is 6.04 Å². The highest BCUT2D eigenvalue weighted by Crippen LogP contribution is 2.29. The van der Waals surface area contributed by atoms with E-state index >= 15 is 0 Å². The molecule has 1 aromatic rings. The highest BCUT2D eigenvalue weighted by Gasteiger charge is 2.21. The summed E-state index contributed by atoms with van der Waals surface area (Å²) in [5.74, 6) is -1.22. The van der Waals surface area contributed by atoms with Crippen molar-refractivity contribution in [3.05, 3.63) is 34.9 Å². The summed E-state index contributed by atoms with van der Waals surface area (Å²) in [4.78, 5) is 10.7. The highest BCUT2D eigenvalue weighted by molar-refractivity contribution is 5.74. The van der Waals surface area contributed by atoms with Gasteiger partial charge in [0.2, 0.25) is 0 Å². The molecule has 0 amide bonds. The summed E-state index contributed by atoms with van der Waals surface area (Å²) in [5.41, 5.74) is 8.53. The fourth-order valence-corrected chi connectivity index (χ4v) is 2.18. The molecule has 0 aliphatic heterocycles. The van der Waals surface area contributed by atoms with Gasteiger partial charge in [-0.3, -0.25) is 0 Å². The van der Waals surface area contributed by atoms with Crippen molar-refractivity contribution >= 4 is 5.97 Å². The molecule has 0 bridgehead atoms. The molecule has 1 aromatic carbocycles. The first kappa shape index (κ1) is 11.1. The molecule has 2 atom stereocenters. The third-order valence-electron chi connectivity index (χ3n) is 3.08. The molecule has 0 saturated heterocycles. The number of aliphatic hydroxyl groups excluding tert-OH is 1. The fourth-order valence-electron chi connectivity index (χ4n) is 2.18. The number of hydrogen-bond donors (Lipinski definition) is 3. The van der Waals surface area contributed by atoms with Gasteiger partial charge in [0.25, 0.3) is 0 Å². The minimum absolute atomic E-state index is 0.0415. The SMILES string of the molecule is NC1CCCc2cc(C(O)C(=O)O)ccc21. The van der Waals surface area contributed by atoms with Crippen molar-refractivity contribution < 1.29 is 15.0 Å². The van der Waals surface area contributed by atoms with Gasteiger partial charge in [-0.2, -0.15) is 0 Å². The largest absolute Gasteiger partial charge is 0.479 e. The summed E-state index contributed by atoms with van der Waals surface area (Å²) in [6, 6.07) is 5.27. The molecule has 0 radical (unpaired) electrons. The molecular formula is C12H15NO3. The summed E-state index contributed by atoms with van der Waals surface area (Å²) < 4.78 is 0. The van der Waals surface area contributed by atoms with Crippen LogP contribution in [0, 0.1) is 0 Å². The van der Waals surface area contributed by atoms with Crippen LogP contribution in [0.4, 0.5) is 0 Å². The third kappa shape index (κ3) is 1.94. The summed E-state index contributed by atoms with van der Waals surface area (Å²) in [5, 5.41) is 18.2. The molecule has 2 unspecified atom stereocenters. The molecule has 4 N–H and O–H groups in total. The first-order valence-electron chi connectivity index (χ1n) is 5.39. The number of aliphatic hydroxyl groups is 1. The first-order chi connectivity index (χ1) is 7.59. The maximum Gasteiger partial charge on any atom is 0.337 e. The smallest absolute Gasteiger partial charge is 0.337 e. The van der Waals surface area contributed by atoms with Crippen molar-refractivity contribution in [2.24, 2.45) is 5.73 Å². The predicted octanol–water partition coefficient (Wildman–Crippen LogP) is 1.14. The number of rotatable bonds is 2. The van der Waals surface area contributed by atoms with E-state index in [1.165, 1.54) is 0 Å². The monoisotopic (exact) mass is 221 g/mol. The fraction of sp³-hybridized carbons (Fsp3) is 0.417. The summed E-state index contributed by atoms with van der Waals surface area (Å²) >= 11 is 0. The Morgan fingerprint density at radius 2 is 2.25 bits per heavy atom. The Morgan fingerprint density at radius 1 is 1.50 bits per heavy atom. The predicted molar refractivity (Wildman–Crippen MR) is 58.9 cm³/mol. The van der Waals surface area contributed by atoms with Gasteiger partial charge in [0.05, 0.1) is 0 Å². The van der Waals surface area contributed by atoms with Crippen molar-refractivity contribution in [3.63, 3.8) is 0 Å². The van der Waals surface area contributed by atoms with Crippen molar-refractivity contribution in [1.82, 2.24) is 0 Å². The number of carbonyl (C=O) groups is 1. The van der Waals surface area contributed by atoms with Crippen LogP contribution in [0.25, 0.3) is 0 Å². The highest BCUT2D eigenvalue weighted by atomic mass is 16.4. The van der Waals surface area contributed by atoms with Crippen LogP contribution in [0.1, 0.15) is 41.7 Å². The van der Waals surface area contributed by atoms with Crippen molar-refractivity contribution in [2.45, 2.75) is 31.4 Å². The van der Waals surface area contributed by atoms with E-state index in [1.54, 1.807) is 12.1 Å². The van der Waals surface area contributed by atoms with Crippen molar-refractivity contribution in [1.29, 1.82) is 0 Å². The molecule has 4 nitrogen and oxygen atoms in total. The van der Waals surface area contributed by atoms with Crippen LogP contribution in [-0.4, -0.2) is 16.2 Å². The number of hydrogen-bond acceptors (Lipinski definition) is 3. The van der Waals surface area contributed by atoms with Crippen LogP contribution in [0.5, 0.6) is 0 Å². The number of nitrogens with two attached hydrogens (primary N) is 1. The van der Waals surface area contributed by atoms with Crippen LogP contribution < -0.4 is 5.73 Å². The molecule has 1 aliphatic carbocycles. The second-order valence-corrected chi connectivity index (χ2v) is 4.20. The number of benzene rings is 1. The number of fused-ring (bicyclic) bond motifs is 1. The molecule has 0 spiro atoms. The van der Waals surface area contributed by atoms with Crippen LogP contribution in [0.15, 0.2) is 18.2 Å². The van der Waals surface area contributed by atoms with Gasteiger partial charge in [0.1, 0.15) is 0 Å². The quantitative estimate of drug-likeness (QED) is 0.699. The minimum atomic E-state index is -1.44. The number of carboxylic acid groups (broad SMARTS) is 1. The normalized spacial score (nSPS) is 21.2. The molecule has 0 fully saturated rings. The van der Waals surface area contributed by atoms with Gasteiger partial charge in [-0.1, -0.05) is 18.2 Å². The molecule has 0 heterocycles. The average molecular weight is 221 g/mol. The lowest BCUT2D eigenvalue weighted by Gasteiger charge is -2.23. The van der Waals surface area contributed by atoms with Gasteiger partial charge in [0.15, 0.2) is 6.10 Å². The Kier molecular flexibility index (Phi) is 2.94. The molecule has 4 heteroatoms. The van der Waals surface area contributed by atoms with Gasteiger partial charge in [0, 0.05) is 6.04 Å². The second-order valence-electron chi connectivity index (χ2n) is 4.20. The maximum atomic E-state index is 10.7. The third-order valence-corrected chi connectivity index (χ3v) is 3.08.